The molecule has 21 heavy (non-hydrogen) atoms. The second kappa shape index (κ2) is 6.02. The van der Waals surface area contributed by atoms with E-state index in [2.05, 4.69) is 10.2 Å². The number of piperidine rings is 1. The average molecular weight is 289 g/mol. The molecule has 0 bridgehead atoms. The van der Waals surface area contributed by atoms with Crippen molar-refractivity contribution >= 4 is 11.4 Å². The topological polar surface area (TPSA) is 58.4 Å². The Kier molecular flexibility index (Phi) is 4.10. The lowest BCUT2D eigenvalue weighted by Crippen LogP contribution is -2.44. The number of benzene rings is 1. The fraction of sp³-hybridized carbons (Fsp3) is 0.625. The molecule has 1 saturated carbocycles. The van der Waals surface area contributed by atoms with Gasteiger partial charge in [-0.15, -0.1) is 0 Å². The number of nitro benzene ring substituents is 1. The van der Waals surface area contributed by atoms with Crippen LogP contribution < -0.4 is 10.2 Å². The van der Waals surface area contributed by atoms with Gasteiger partial charge in [-0.25, -0.2) is 0 Å². The number of hydrogen-bond acceptors (Lipinski definition) is 4. The minimum atomic E-state index is -0.244. The molecule has 0 amide bonds. The van der Waals surface area contributed by atoms with E-state index in [4.69, 9.17) is 0 Å². The van der Waals surface area contributed by atoms with Crippen molar-refractivity contribution in [1.82, 2.24) is 5.32 Å². The van der Waals surface area contributed by atoms with Gasteiger partial charge < -0.3 is 10.2 Å². The molecule has 1 saturated heterocycles. The zero-order valence-electron chi connectivity index (χ0n) is 12.5. The number of nitro groups is 1. The Labute approximate surface area is 125 Å². The molecule has 5 nitrogen and oxygen atoms in total. The smallest absolute Gasteiger partial charge is 0.292 e. The van der Waals surface area contributed by atoms with E-state index in [1.165, 1.54) is 19.3 Å². The van der Waals surface area contributed by atoms with Crippen LogP contribution in [0.3, 0.4) is 0 Å². The molecule has 0 aromatic heterocycles. The standard InChI is InChI=1S/C16H23N3O2/c1-12-5-8-15(16(10-12)19(20)21)18(14-6-7-14)11-13-4-2-3-9-17-13/h5,8,10,13-14,17H,2-4,6-7,9,11H2,1H3. The first-order valence-electron chi connectivity index (χ1n) is 7.90. The van der Waals surface area contributed by atoms with Gasteiger partial charge in [-0.3, -0.25) is 10.1 Å². The number of aryl methyl sites for hydroxylation is 1. The molecule has 5 heteroatoms. The zero-order valence-corrected chi connectivity index (χ0v) is 12.5. The summed E-state index contributed by atoms with van der Waals surface area (Å²) in [5, 5.41) is 14.9. The molecule has 1 aromatic carbocycles. The highest BCUT2D eigenvalue weighted by atomic mass is 16.6. The summed E-state index contributed by atoms with van der Waals surface area (Å²) in [6.45, 7) is 3.86. The van der Waals surface area contributed by atoms with E-state index >= 15 is 0 Å². The van der Waals surface area contributed by atoms with Crippen LogP contribution in [-0.2, 0) is 0 Å². The molecule has 1 N–H and O–H groups in total. The van der Waals surface area contributed by atoms with E-state index in [1.807, 2.05) is 19.1 Å². The SMILES string of the molecule is Cc1ccc(N(CC2CCCCN2)C2CC2)c([N+](=O)[O-])c1. The Morgan fingerprint density at radius 1 is 1.33 bits per heavy atom. The summed E-state index contributed by atoms with van der Waals surface area (Å²) in [6.07, 6.45) is 5.97. The van der Waals surface area contributed by atoms with E-state index in [0.717, 1.165) is 37.2 Å². The van der Waals surface area contributed by atoms with Crippen molar-refractivity contribution in [2.45, 2.75) is 51.1 Å². The number of anilines is 1. The molecule has 1 aliphatic heterocycles. The van der Waals surface area contributed by atoms with Gasteiger partial charge in [-0.2, -0.15) is 0 Å². The van der Waals surface area contributed by atoms with Crippen LogP contribution in [0.5, 0.6) is 0 Å². The third-order valence-corrected chi connectivity index (χ3v) is 4.45. The summed E-state index contributed by atoms with van der Waals surface area (Å²) in [7, 11) is 0. The Hall–Kier alpha value is -1.62. The van der Waals surface area contributed by atoms with Crippen LogP contribution in [-0.4, -0.2) is 30.1 Å². The first kappa shape index (κ1) is 14.3. The molecule has 1 heterocycles. The Balaban J connectivity index is 1.85. The lowest BCUT2D eigenvalue weighted by molar-refractivity contribution is -0.384. The molecule has 2 fully saturated rings. The monoisotopic (exact) mass is 289 g/mol. The van der Waals surface area contributed by atoms with Crippen LogP contribution in [0.4, 0.5) is 11.4 Å². The van der Waals surface area contributed by atoms with Crippen LogP contribution in [0.1, 0.15) is 37.7 Å². The quantitative estimate of drug-likeness (QED) is 0.668. The van der Waals surface area contributed by atoms with Crippen LogP contribution in [0.2, 0.25) is 0 Å². The van der Waals surface area contributed by atoms with Crippen molar-refractivity contribution in [1.29, 1.82) is 0 Å². The number of rotatable bonds is 5. The maximum Gasteiger partial charge on any atom is 0.292 e. The largest absolute Gasteiger partial charge is 0.361 e. The van der Waals surface area contributed by atoms with Gasteiger partial charge in [0.2, 0.25) is 0 Å². The third kappa shape index (κ3) is 3.35. The lowest BCUT2D eigenvalue weighted by atomic mass is 10.0. The highest BCUT2D eigenvalue weighted by Crippen LogP contribution is 2.37. The summed E-state index contributed by atoms with van der Waals surface area (Å²) in [5.41, 5.74) is 1.98. The van der Waals surface area contributed by atoms with E-state index in [0.29, 0.717) is 12.1 Å². The van der Waals surface area contributed by atoms with Gasteiger partial charge in [0.15, 0.2) is 0 Å². The van der Waals surface area contributed by atoms with Crippen molar-refractivity contribution in [3.63, 3.8) is 0 Å². The maximum atomic E-state index is 11.4. The normalized spacial score (nSPS) is 22.0. The van der Waals surface area contributed by atoms with Crippen LogP contribution >= 0.6 is 0 Å². The molecule has 2 aliphatic rings. The fourth-order valence-electron chi connectivity index (χ4n) is 3.17. The molecule has 3 rings (SSSR count). The number of hydrogen-bond donors (Lipinski definition) is 1. The molecular weight excluding hydrogens is 266 g/mol. The van der Waals surface area contributed by atoms with Crippen LogP contribution in [0.25, 0.3) is 0 Å². The minimum Gasteiger partial charge on any atom is -0.361 e. The maximum absolute atomic E-state index is 11.4. The highest BCUT2D eigenvalue weighted by molar-refractivity contribution is 5.65. The minimum absolute atomic E-state index is 0.244. The molecular formula is C16H23N3O2. The van der Waals surface area contributed by atoms with E-state index in [1.54, 1.807) is 6.07 Å². The molecule has 114 valence electrons. The van der Waals surface area contributed by atoms with Gasteiger partial charge in [-0.1, -0.05) is 12.5 Å². The Morgan fingerprint density at radius 3 is 2.76 bits per heavy atom. The molecule has 1 aromatic rings. The van der Waals surface area contributed by atoms with Crippen molar-refractivity contribution in [3.05, 3.63) is 33.9 Å². The predicted molar refractivity (Wildman–Crippen MR) is 83.8 cm³/mol. The van der Waals surface area contributed by atoms with Gasteiger partial charge in [0.1, 0.15) is 5.69 Å². The first-order chi connectivity index (χ1) is 10.1. The van der Waals surface area contributed by atoms with Crippen LogP contribution in [0.15, 0.2) is 18.2 Å². The molecule has 1 atom stereocenters. The summed E-state index contributed by atoms with van der Waals surface area (Å²) in [6, 6.07) is 6.54. The zero-order chi connectivity index (χ0) is 14.8. The van der Waals surface area contributed by atoms with E-state index < -0.39 is 0 Å². The predicted octanol–water partition coefficient (Wildman–Crippen LogP) is 3.01. The van der Waals surface area contributed by atoms with Gasteiger partial charge in [-0.05, 0) is 50.8 Å². The summed E-state index contributed by atoms with van der Waals surface area (Å²) < 4.78 is 0. The molecule has 0 radical (unpaired) electrons. The van der Waals surface area contributed by atoms with Gasteiger partial charge in [0.25, 0.3) is 5.69 Å². The number of nitrogens with one attached hydrogen (secondary N) is 1. The Morgan fingerprint density at radius 2 is 2.14 bits per heavy atom. The second-order valence-corrected chi connectivity index (χ2v) is 6.28. The third-order valence-electron chi connectivity index (χ3n) is 4.45. The van der Waals surface area contributed by atoms with Crippen molar-refractivity contribution in [2.24, 2.45) is 0 Å². The van der Waals surface area contributed by atoms with E-state index in [-0.39, 0.29) is 10.6 Å². The number of nitrogens with zero attached hydrogens (tertiary/aromatic N) is 2. The van der Waals surface area contributed by atoms with Gasteiger partial charge in [0, 0.05) is 24.7 Å². The first-order valence-corrected chi connectivity index (χ1v) is 7.90. The average Bonchev–Trinajstić information content (AvgIpc) is 3.31. The molecule has 1 unspecified atom stereocenters. The fourth-order valence-corrected chi connectivity index (χ4v) is 3.17. The summed E-state index contributed by atoms with van der Waals surface area (Å²) >= 11 is 0. The van der Waals surface area contributed by atoms with Crippen molar-refractivity contribution in [3.8, 4) is 0 Å². The van der Waals surface area contributed by atoms with Gasteiger partial charge >= 0.3 is 0 Å². The highest BCUT2D eigenvalue weighted by Gasteiger charge is 2.34. The van der Waals surface area contributed by atoms with Crippen LogP contribution in [0, 0.1) is 17.0 Å². The summed E-state index contributed by atoms with van der Waals surface area (Å²) in [5.74, 6) is 0. The van der Waals surface area contributed by atoms with Crippen molar-refractivity contribution < 1.29 is 4.92 Å². The molecule has 0 spiro atoms. The van der Waals surface area contributed by atoms with Gasteiger partial charge in [0.05, 0.1) is 4.92 Å². The summed E-state index contributed by atoms with van der Waals surface area (Å²) in [4.78, 5) is 13.4. The lowest BCUT2D eigenvalue weighted by Gasteiger charge is -2.32. The Bertz CT molecular complexity index is 522. The van der Waals surface area contributed by atoms with E-state index in [9.17, 15) is 10.1 Å². The second-order valence-electron chi connectivity index (χ2n) is 6.28. The molecule has 1 aliphatic carbocycles. The van der Waals surface area contributed by atoms with Crippen molar-refractivity contribution in [2.75, 3.05) is 18.0 Å².